The molecule has 0 aliphatic heterocycles. The minimum Gasteiger partial charge on any atom is -0.543 e. The predicted molar refractivity (Wildman–Crippen MR) is 67.6 cm³/mol. The van der Waals surface area contributed by atoms with Crippen LogP contribution in [0.25, 0.3) is 0 Å². The van der Waals surface area contributed by atoms with Crippen molar-refractivity contribution in [2.75, 3.05) is 0 Å². The minimum absolute atomic E-state index is 0.420. The SMILES string of the molecule is O=C([O-])c1cccc(C(=O)[O-])n1.c1c[nH+]c[nH]1.c1c[nH+]c[nH]1. The maximum Gasteiger partial charge on any atom is 0.239 e. The average molecular weight is 303 g/mol. The summed E-state index contributed by atoms with van der Waals surface area (Å²) < 4.78 is 0. The van der Waals surface area contributed by atoms with Gasteiger partial charge >= 0.3 is 0 Å². The molecule has 0 amide bonds. The summed E-state index contributed by atoms with van der Waals surface area (Å²) >= 11 is 0. The van der Waals surface area contributed by atoms with Crippen LogP contribution >= 0.6 is 0 Å². The number of H-pyrrole nitrogens is 4. The number of hydrogen-bond acceptors (Lipinski definition) is 5. The molecule has 0 radical (unpaired) electrons. The highest BCUT2D eigenvalue weighted by atomic mass is 16.4. The van der Waals surface area contributed by atoms with E-state index < -0.39 is 23.3 Å². The molecule has 9 nitrogen and oxygen atoms in total. The Bertz CT molecular complexity index is 578. The minimum atomic E-state index is -1.52. The number of aromatic nitrogens is 5. The lowest BCUT2D eigenvalue weighted by molar-refractivity contribution is -0.376. The fourth-order valence-corrected chi connectivity index (χ4v) is 1.14. The van der Waals surface area contributed by atoms with Gasteiger partial charge in [-0.2, -0.15) is 0 Å². The number of aromatic amines is 4. The molecule has 0 aromatic carbocycles. The van der Waals surface area contributed by atoms with Crippen LogP contribution in [0.3, 0.4) is 0 Å². The second-order valence-electron chi connectivity index (χ2n) is 3.60. The lowest BCUT2D eigenvalue weighted by atomic mass is 10.3. The highest BCUT2D eigenvalue weighted by Crippen LogP contribution is 1.96. The average Bonchev–Trinajstić information content (AvgIpc) is 3.25. The van der Waals surface area contributed by atoms with Gasteiger partial charge in [-0.15, -0.1) is 0 Å². The van der Waals surface area contributed by atoms with E-state index in [1.807, 2.05) is 24.8 Å². The van der Waals surface area contributed by atoms with Gasteiger partial charge in [-0.3, -0.25) is 19.9 Å². The van der Waals surface area contributed by atoms with Crippen LogP contribution in [0.1, 0.15) is 21.0 Å². The molecule has 0 saturated heterocycles. The van der Waals surface area contributed by atoms with Crippen LogP contribution in [0.4, 0.5) is 0 Å². The third kappa shape index (κ3) is 6.61. The molecule has 3 aromatic rings. The van der Waals surface area contributed by atoms with Gasteiger partial charge in [-0.05, 0) is 12.1 Å². The number of nitrogens with zero attached hydrogens (tertiary/aromatic N) is 1. The van der Waals surface area contributed by atoms with E-state index in [1.54, 1.807) is 12.7 Å². The van der Waals surface area contributed by atoms with E-state index in [9.17, 15) is 19.8 Å². The van der Waals surface area contributed by atoms with Gasteiger partial charge in [0.05, 0.1) is 23.3 Å². The molecular weight excluding hydrogens is 290 g/mol. The summed E-state index contributed by atoms with van der Waals surface area (Å²) in [5, 5.41) is 20.4. The van der Waals surface area contributed by atoms with E-state index in [0.29, 0.717) is 0 Å². The van der Waals surface area contributed by atoms with E-state index in [0.717, 1.165) is 12.1 Å². The van der Waals surface area contributed by atoms with Crippen molar-refractivity contribution < 1.29 is 29.8 Å². The van der Waals surface area contributed by atoms with Crippen LogP contribution in [0.5, 0.6) is 0 Å². The van der Waals surface area contributed by atoms with E-state index in [4.69, 9.17) is 0 Å². The van der Waals surface area contributed by atoms with E-state index in [1.165, 1.54) is 6.07 Å². The monoisotopic (exact) mass is 303 g/mol. The zero-order valence-electron chi connectivity index (χ0n) is 11.3. The second-order valence-corrected chi connectivity index (χ2v) is 3.60. The molecule has 0 saturated carbocycles. The van der Waals surface area contributed by atoms with Crippen molar-refractivity contribution in [3.8, 4) is 0 Å². The molecular formula is C13H13N5O4. The molecule has 3 rings (SSSR count). The Morgan fingerprint density at radius 2 is 1.36 bits per heavy atom. The number of aromatic carboxylic acids is 2. The van der Waals surface area contributed by atoms with Crippen molar-refractivity contribution >= 4 is 11.9 Å². The van der Waals surface area contributed by atoms with Crippen LogP contribution in [0.15, 0.2) is 55.6 Å². The Kier molecular flexibility index (Phi) is 7.09. The smallest absolute Gasteiger partial charge is 0.239 e. The number of carbonyl (C=O) groups is 2. The summed E-state index contributed by atoms with van der Waals surface area (Å²) in [6.45, 7) is 0. The van der Waals surface area contributed by atoms with Crippen LogP contribution < -0.4 is 20.2 Å². The standard InChI is InChI=1S/C7H5NO4.2C3H4N2/c9-6(10)4-2-1-3-5(8-4)7(11)12;2*1-2-5-3-4-1/h1-3H,(H,9,10)(H,11,12);2*1-3H,(H,4,5). The van der Waals surface area contributed by atoms with Crippen molar-refractivity contribution in [1.29, 1.82) is 0 Å². The summed E-state index contributed by atoms with van der Waals surface area (Å²) in [7, 11) is 0. The number of rotatable bonds is 2. The fraction of sp³-hybridized carbons (Fsp3) is 0. The molecule has 3 heterocycles. The second kappa shape index (κ2) is 9.42. The van der Waals surface area contributed by atoms with Gasteiger partial charge in [-0.25, -0.2) is 4.98 Å². The first-order valence-corrected chi connectivity index (χ1v) is 5.98. The van der Waals surface area contributed by atoms with E-state index in [2.05, 4.69) is 24.9 Å². The first-order chi connectivity index (χ1) is 10.6. The van der Waals surface area contributed by atoms with Gasteiger partial charge in [0, 0.05) is 0 Å². The fourth-order valence-electron chi connectivity index (χ4n) is 1.14. The quantitative estimate of drug-likeness (QED) is 0.534. The molecule has 22 heavy (non-hydrogen) atoms. The Balaban J connectivity index is 0.000000197. The van der Waals surface area contributed by atoms with Gasteiger partial charge in [0.2, 0.25) is 12.7 Å². The summed E-state index contributed by atoms with van der Waals surface area (Å²) in [5.41, 5.74) is -0.839. The lowest BCUT2D eigenvalue weighted by Gasteiger charge is -2.04. The summed E-state index contributed by atoms with van der Waals surface area (Å²) in [4.78, 5) is 34.8. The molecule has 0 unspecified atom stereocenters. The number of carboxylic acid groups (broad SMARTS) is 2. The highest BCUT2D eigenvalue weighted by Gasteiger charge is 1.97. The maximum atomic E-state index is 10.2. The third-order valence-corrected chi connectivity index (χ3v) is 2.05. The third-order valence-electron chi connectivity index (χ3n) is 2.05. The van der Waals surface area contributed by atoms with Crippen molar-refractivity contribution in [2.45, 2.75) is 0 Å². The zero-order valence-corrected chi connectivity index (χ0v) is 11.3. The highest BCUT2D eigenvalue weighted by molar-refractivity contribution is 5.87. The molecule has 9 heteroatoms. The molecule has 3 aromatic heterocycles. The molecule has 0 aliphatic rings. The molecule has 0 atom stereocenters. The largest absolute Gasteiger partial charge is 0.543 e. The topological polar surface area (TPSA) is 153 Å². The Labute approximate surface area is 124 Å². The number of hydrogen-bond donors (Lipinski definition) is 2. The Morgan fingerprint density at radius 3 is 1.59 bits per heavy atom. The van der Waals surface area contributed by atoms with Gasteiger partial charge in [0.25, 0.3) is 0 Å². The predicted octanol–water partition coefficient (Wildman–Crippen LogP) is -2.53. The Hall–Kier alpha value is -3.49. The van der Waals surface area contributed by atoms with Gasteiger partial charge < -0.3 is 19.8 Å². The van der Waals surface area contributed by atoms with Crippen molar-refractivity contribution in [3.63, 3.8) is 0 Å². The van der Waals surface area contributed by atoms with Crippen molar-refractivity contribution in [2.24, 2.45) is 0 Å². The van der Waals surface area contributed by atoms with Crippen molar-refractivity contribution in [1.82, 2.24) is 15.0 Å². The summed E-state index contributed by atoms with van der Waals surface area (Å²) in [6, 6.07) is 3.53. The zero-order chi connectivity index (χ0) is 16.2. The molecule has 0 aliphatic carbocycles. The number of nitrogens with one attached hydrogen (secondary N) is 4. The number of imidazole rings is 2. The summed E-state index contributed by atoms with van der Waals surface area (Å²) in [6.07, 6.45) is 10.8. The van der Waals surface area contributed by atoms with Crippen LogP contribution in [0, 0.1) is 0 Å². The normalized spacial score (nSPS) is 8.73. The van der Waals surface area contributed by atoms with Crippen LogP contribution in [0.2, 0.25) is 0 Å². The van der Waals surface area contributed by atoms with Gasteiger partial charge in [0.1, 0.15) is 24.8 Å². The maximum absolute atomic E-state index is 10.2. The van der Waals surface area contributed by atoms with E-state index in [-0.39, 0.29) is 0 Å². The summed E-state index contributed by atoms with van der Waals surface area (Å²) in [5.74, 6) is -3.03. The first kappa shape index (κ1) is 16.6. The number of pyridine rings is 1. The lowest BCUT2D eigenvalue weighted by Crippen LogP contribution is -2.27. The number of carbonyl (C=O) groups excluding carboxylic acids is 2. The molecule has 114 valence electrons. The van der Waals surface area contributed by atoms with Crippen LogP contribution in [-0.2, 0) is 0 Å². The molecule has 0 bridgehead atoms. The van der Waals surface area contributed by atoms with Crippen LogP contribution in [-0.4, -0.2) is 26.9 Å². The number of carboxylic acids is 2. The van der Waals surface area contributed by atoms with Crippen molar-refractivity contribution in [3.05, 3.63) is 67.0 Å². The molecule has 0 fully saturated rings. The Morgan fingerprint density at radius 1 is 0.909 bits per heavy atom. The van der Waals surface area contributed by atoms with Gasteiger partial charge in [0.15, 0.2) is 0 Å². The molecule has 4 N–H and O–H groups in total. The first-order valence-electron chi connectivity index (χ1n) is 5.98. The van der Waals surface area contributed by atoms with Gasteiger partial charge in [-0.1, -0.05) is 6.07 Å². The van der Waals surface area contributed by atoms with E-state index >= 15 is 0 Å². The molecule has 0 spiro atoms.